The number of fused-ring (bicyclic) bond motifs is 1. The molecule has 1 amide bonds. The monoisotopic (exact) mass is 364 g/mol. The SMILES string of the molecule is CC(C)(C)c1csc2ncc(C(=O)NCCN3CCOCC3)c(=O)n12. The summed E-state index contributed by atoms with van der Waals surface area (Å²) in [5.74, 6) is -0.369. The second kappa shape index (κ2) is 7.23. The van der Waals surface area contributed by atoms with Crippen LogP contribution in [0.15, 0.2) is 16.4 Å². The highest BCUT2D eigenvalue weighted by molar-refractivity contribution is 7.15. The van der Waals surface area contributed by atoms with E-state index in [1.54, 1.807) is 4.40 Å². The van der Waals surface area contributed by atoms with Crippen molar-refractivity contribution in [2.45, 2.75) is 26.2 Å². The first kappa shape index (κ1) is 18.0. The lowest BCUT2D eigenvalue weighted by molar-refractivity contribution is 0.0383. The van der Waals surface area contributed by atoms with E-state index in [0.29, 0.717) is 11.5 Å². The number of amides is 1. The van der Waals surface area contributed by atoms with Gasteiger partial charge in [-0.2, -0.15) is 0 Å². The first-order chi connectivity index (χ1) is 11.9. The van der Waals surface area contributed by atoms with E-state index in [1.807, 2.05) is 26.2 Å². The zero-order valence-corrected chi connectivity index (χ0v) is 15.7. The van der Waals surface area contributed by atoms with E-state index in [2.05, 4.69) is 15.2 Å². The number of morpholine rings is 1. The fourth-order valence-corrected chi connectivity index (χ4v) is 3.89. The lowest BCUT2D eigenvalue weighted by Gasteiger charge is -2.26. The Kier molecular flexibility index (Phi) is 5.21. The average Bonchev–Trinajstić information content (AvgIpc) is 3.01. The first-order valence-electron chi connectivity index (χ1n) is 8.46. The van der Waals surface area contributed by atoms with E-state index in [9.17, 15) is 9.59 Å². The number of thiazole rings is 1. The summed E-state index contributed by atoms with van der Waals surface area (Å²) in [5, 5.41) is 4.77. The van der Waals surface area contributed by atoms with Crippen LogP contribution in [0, 0.1) is 0 Å². The smallest absolute Gasteiger partial charge is 0.271 e. The number of carbonyl (C=O) groups is 1. The van der Waals surface area contributed by atoms with Gasteiger partial charge in [0.1, 0.15) is 5.56 Å². The van der Waals surface area contributed by atoms with Crippen molar-refractivity contribution in [3.05, 3.63) is 33.2 Å². The predicted octanol–water partition coefficient (Wildman–Crippen LogP) is 1.12. The number of ether oxygens (including phenoxy) is 1. The van der Waals surface area contributed by atoms with Crippen molar-refractivity contribution in [3.8, 4) is 0 Å². The van der Waals surface area contributed by atoms with E-state index in [-0.39, 0.29) is 22.4 Å². The van der Waals surface area contributed by atoms with Crippen LogP contribution in [0.5, 0.6) is 0 Å². The van der Waals surface area contributed by atoms with Gasteiger partial charge in [-0.3, -0.25) is 18.9 Å². The molecule has 2 aromatic rings. The predicted molar refractivity (Wildman–Crippen MR) is 97.6 cm³/mol. The standard InChI is InChI=1S/C17H24N4O3S/c1-17(2,3)13-11-25-16-19-10-12(15(23)21(13)16)14(22)18-4-5-20-6-8-24-9-7-20/h10-11H,4-9H2,1-3H3,(H,18,22). The Morgan fingerprint density at radius 1 is 1.36 bits per heavy atom. The van der Waals surface area contributed by atoms with Gasteiger partial charge in [0.05, 0.1) is 13.2 Å². The van der Waals surface area contributed by atoms with E-state index in [0.717, 1.165) is 38.5 Å². The lowest BCUT2D eigenvalue weighted by atomic mass is 9.93. The summed E-state index contributed by atoms with van der Waals surface area (Å²) in [6.45, 7) is 10.6. The summed E-state index contributed by atoms with van der Waals surface area (Å²) in [5.41, 5.74) is 0.450. The first-order valence-corrected chi connectivity index (χ1v) is 9.34. The van der Waals surface area contributed by atoms with Crippen LogP contribution in [-0.2, 0) is 10.2 Å². The molecule has 1 aliphatic heterocycles. The van der Waals surface area contributed by atoms with Crippen LogP contribution >= 0.6 is 11.3 Å². The number of nitrogens with zero attached hydrogens (tertiary/aromatic N) is 3. The van der Waals surface area contributed by atoms with Crippen molar-refractivity contribution in [2.75, 3.05) is 39.4 Å². The summed E-state index contributed by atoms with van der Waals surface area (Å²) in [7, 11) is 0. The Hall–Kier alpha value is -1.77. The molecule has 1 saturated heterocycles. The highest BCUT2D eigenvalue weighted by Gasteiger charge is 2.23. The summed E-state index contributed by atoms with van der Waals surface area (Å²) in [4.78, 5) is 32.4. The molecule has 1 fully saturated rings. The maximum atomic E-state index is 12.8. The molecule has 25 heavy (non-hydrogen) atoms. The second-order valence-corrected chi connectivity index (χ2v) is 8.01. The lowest BCUT2D eigenvalue weighted by Crippen LogP contribution is -2.42. The maximum Gasteiger partial charge on any atom is 0.271 e. The molecular weight excluding hydrogens is 340 g/mol. The number of rotatable bonds is 4. The van der Waals surface area contributed by atoms with Crippen molar-refractivity contribution in [2.24, 2.45) is 0 Å². The van der Waals surface area contributed by atoms with Crippen LogP contribution in [0.1, 0.15) is 36.8 Å². The highest BCUT2D eigenvalue weighted by Crippen LogP contribution is 2.25. The summed E-state index contributed by atoms with van der Waals surface area (Å²) < 4.78 is 6.86. The van der Waals surface area contributed by atoms with Gasteiger partial charge in [0, 0.05) is 48.9 Å². The second-order valence-electron chi connectivity index (χ2n) is 7.18. The molecule has 0 spiro atoms. The third-order valence-corrected chi connectivity index (χ3v) is 5.12. The minimum atomic E-state index is -0.369. The van der Waals surface area contributed by atoms with E-state index < -0.39 is 0 Å². The van der Waals surface area contributed by atoms with Gasteiger partial charge in [-0.25, -0.2) is 4.98 Å². The molecule has 0 atom stereocenters. The Morgan fingerprint density at radius 3 is 2.76 bits per heavy atom. The van der Waals surface area contributed by atoms with Crippen molar-refractivity contribution in [1.29, 1.82) is 0 Å². The molecule has 136 valence electrons. The van der Waals surface area contributed by atoms with Gasteiger partial charge < -0.3 is 10.1 Å². The number of carbonyl (C=O) groups excluding carboxylic acids is 1. The van der Waals surface area contributed by atoms with Crippen molar-refractivity contribution < 1.29 is 9.53 Å². The largest absolute Gasteiger partial charge is 0.379 e. The summed E-state index contributed by atoms with van der Waals surface area (Å²) in [6, 6.07) is 0. The van der Waals surface area contributed by atoms with Gasteiger partial charge in [-0.05, 0) is 0 Å². The van der Waals surface area contributed by atoms with E-state index >= 15 is 0 Å². The average molecular weight is 364 g/mol. The normalized spacial score (nSPS) is 16.3. The third kappa shape index (κ3) is 3.91. The van der Waals surface area contributed by atoms with Gasteiger partial charge >= 0.3 is 0 Å². The van der Waals surface area contributed by atoms with Gasteiger partial charge in [0.15, 0.2) is 4.96 Å². The molecule has 0 radical (unpaired) electrons. The zero-order valence-electron chi connectivity index (χ0n) is 14.9. The minimum Gasteiger partial charge on any atom is -0.379 e. The van der Waals surface area contributed by atoms with E-state index in [1.165, 1.54) is 17.5 Å². The minimum absolute atomic E-state index is 0.0865. The van der Waals surface area contributed by atoms with E-state index in [4.69, 9.17) is 4.74 Å². The molecule has 0 saturated carbocycles. The Bertz CT molecular complexity index is 815. The Morgan fingerprint density at radius 2 is 2.08 bits per heavy atom. The molecule has 3 rings (SSSR count). The molecule has 0 aromatic carbocycles. The molecule has 2 aromatic heterocycles. The molecule has 8 heteroatoms. The summed E-state index contributed by atoms with van der Waals surface area (Å²) in [6.07, 6.45) is 1.38. The van der Waals surface area contributed by atoms with Gasteiger partial charge in [-0.15, -0.1) is 11.3 Å². The number of nitrogens with one attached hydrogen (secondary N) is 1. The molecular formula is C17H24N4O3S. The topological polar surface area (TPSA) is 75.9 Å². The van der Waals surface area contributed by atoms with Gasteiger partial charge in [0.2, 0.25) is 0 Å². The molecule has 7 nitrogen and oxygen atoms in total. The molecule has 0 aliphatic carbocycles. The van der Waals surface area contributed by atoms with Gasteiger partial charge in [-0.1, -0.05) is 20.8 Å². The fourth-order valence-electron chi connectivity index (χ4n) is 2.81. The Balaban J connectivity index is 1.75. The number of aromatic nitrogens is 2. The zero-order chi connectivity index (χ0) is 18.0. The van der Waals surface area contributed by atoms with Crippen LogP contribution in [0.3, 0.4) is 0 Å². The fraction of sp³-hybridized carbons (Fsp3) is 0.588. The van der Waals surface area contributed by atoms with Crippen LogP contribution in [0.2, 0.25) is 0 Å². The highest BCUT2D eigenvalue weighted by atomic mass is 32.1. The van der Waals surface area contributed by atoms with Crippen LogP contribution < -0.4 is 10.9 Å². The van der Waals surface area contributed by atoms with Crippen LogP contribution in [0.4, 0.5) is 0 Å². The van der Waals surface area contributed by atoms with Gasteiger partial charge in [0.25, 0.3) is 11.5 Å². The molecule has 3 heterocycles. The number of hydrogen-bond acceptors (Lipinski definition) is 6. The third-order valence-electron chi connectivity index (χ3n) is 4.28. The molecule has 0 bridgehead atoms. The molecule has 1 N–H and O–H groups in total. The maximum absolute atomic E-state index is 12.8. The molecule has 0 unspecified atom stereocenters. The quantitative estimate of drug-likeness (QED) is 0.880. The Labute approximate surface area is 150 Å². The van der Waals surface area contributed by atoms with Crippen LogP contribution in [0.25, 0.3) is 4.96 Å². The summed E-state index contributed by atoms with van der Waals surface area (Å²) >= 11 is 1.41. The van der Waals surface area contributed by atoms with Crippen molar-refractivity contribution in [1.82, 2.24) is 19.6 Å². The van der Waals surface area contributed by atoms with Crippen molar-refractivity contribution >= 4 is 22.2 Å². The molecule has 1 aliphatic rings. The number of hydrogen-bond donors (Lipinski definition) is 1. The van der Waals surface area contributed by atoms with Crippen molar-refractivity contribution in [3.63, 3.8) is 0 Å². The van der Waals surface area contributed by atoms with Crippen LogP contribution in [-0.4, -0.2) is 59.6 Å².